The molecule has 54 valence electrons. The van der Waals surface area contributed by atoms with Crippen LogP contribution in [0, 0.1) is 0 Å². The van der Waals surface area contributed by atoms with Gasteiger partial charge in [-0.2, -0.15) is 0 Å². The molecule has 0 radical (unpaired) electrons. The van der Waals surface area contributed by atoms with Crippen molar-refractivity contribution in [1.82, 2.24) is 0 Å². The maximum Gasteiger partial charge on any atom is 0.0446 e. The molecule has 0 fully saturated rings. The molecule has 0 aromatic heterocycles. The molecule has 0 saturated carbocycles. The van der Waals surface area contributed by atoms with Crippen molar-refractivity contribution in [3.63, 3.8) is 0 Å². The smallest absolute Gasteiger partial charge is 0.0446 e. The van der Waals surface area contributed by atoms with E-state index >= 15 is 0 Å². The molecular weight excluding hydrogens is 184 g/mol. The number of thiol groups is 1. The van der Waals surface area contributed by atoms with Gasteiger partial charge in [0.2, 0.25) is 0 Å². The number of halogens is 1. The van der Waals surface area contributed by atoms with Crippen molar-refractivity contribution in [2.75, 3.05) is 0 Å². The second kappa shape index (κ2) is 4.16. The highest BCUT2D eigenvalue weighted by atomic mass is 35.5. The van der Waals surface area contributed by atoms with E-state index in [1.165, 1.54) is 10.8 Å². The van der Waals surface area contributed by atoms with Crippen LogP contribution in [0.5, 0.6) is 0 Å². The molecular formula is C7H7ClS2. The standard InChI is InChI=1S/C7H7ClS2/c8-7-4-2-1-3-6(7)5-10-9/h1-4,9H,5H2. The summed E-state index contributed by atoms with van der Waals surface area (Å²) in [4.78, 5) is 0. The molecule has 0 unspecified atom stereocenters. The molecule has 0 atom stereocenters. The SMILES string of the molecule is SSCc1ccccc1Cl. The third-order valence-electron chi connectivity index (χ3n) is 1.18. The first-order valence-electron chi connectivity index (χ1n) is 2.84. The Kier molecular flexibility index (Phi) is 3.46. The van der Waals surface area contributed by atoms with E-state index < -0.39 is 0 Å². The van der Waals surface area contributed by atoms with Gasteiger partial charge in [0.1, 0.15) is 0 Å². The molecule has 0 spiro atoms. The van der Waals surface area contributed by atoms with E-state index in [9.17, 15) is 0 Å². The van der Waals surface area contributed by atoms with Gasteiger partial charge in [0, 0.05) is 10.8 Å². The van der Waals surface area contributed by atoms with Crippen LogP contribution < -0.4 is 0 Å². The van der Waals surface area contributed by atoms with E-state index in [0.717, 1.165) is 16.3 Å². The first-order valence-corrected chi connectivity index (χ1v) is 5.26. The largest absolute Gasteiger partial charge is 0.111 e. The summed E-state index contributed by atoms with van der Waals surface area (Å²) in [6, 6.07) is 7.80. The normalized spacial score (nSPS) is 9.80. The Hall–Kier alpha value is 0.210. The highest BCUT2D eigenvalue weighted by Gasteiger charge is 1.95. The lowest BCUT2D eigenvalue weighted by Gasteiger charge is -1.98. The monoisotopic (exact) mass is 190 g/mol. The van der Waals surface area contributed by atoms with Gasteiger partial charge in [-0.15, -0.1) is 11.7 Å². The Morgan fingerprint density at radius 2 is 2.10 bits per heavy atom. The maximum atomic E-state index is 5.86. The first-order chi connectivity index (χ1) is 4.84. The molecule has 0 N–H and O–H groups in total. The predicted octanol–water partition coefficient (Wildman–Crippen LogP) is 3.42. The van der Waals surface area contributed by atoms with Gasteiger partial charge in [0.05, 0.1) is 0 Å². The van der Waals surface area contributed by atoms with E-state index in [-0.39, 0.29) is 0 Å². The van der Waals surface area contributed by atoms with Crippen molar-refractivity contribution in [2.24, 2.45) is 0 Å². The van der Waals surface area contributed by atoms with Crippen molar-refractivity contribution in [1.29, 1.82) is 0 Å². The zero-order valence-electron chi connectivity index (χ0n) is 5.25. The highest BCUT2D eigenvalue weighted by molar-refractivity contribution is 8.68. The van der Waals surface area contributed by atoms with E-state index in [1.54, 1.807) is 0 Å². The van der Waals surface area contributed by atoms with Crippen molar-refractivity contribution in [2.45, 2.75) is 5.75 Å². The molecule has 3 heteroatoms. The third-order valence-corrected chi connectivity index (χ3v) is 2.37. The van der Waals surface area contributed by atoms with Crippen LogP contribution in [0.4, 0.5) is 0 Å². The topological polar surface area (TPSA) is 0 Å². The Balaban J connectivity index is 2.81. The maximum absolute atomic E-state index is 5.86. The molecule has 1 aromatic rings. The minimum absolute atomic E-state index is 0.823. The summed E-state index contributed by atoms with van der Waals surface area (Å²) in [6.45, 7) is 0. The van der Waals surface area contributed by atoms with Crippen LogP contribution >= 0.6 is 34.1 Å². The molecule has 10 heavy (non-hydrogen) atoms. The summed E-state index contributed by atoms with van der Waals surface area (Å²) >= 11 is 9.89. The quantitative estimate of drug-likeness (QED) is 0.551. The van der Waals surface area contributed by atoms with Crippen LogP contribution in [0.1, 0.15) is 5.56 Å². The van der Waals surface area contributed by atoms with Crippen molar-refractivity contribution >= 4 is 34.1 Å². The molecule has 0 saturated heterocycles. The summed E-state index contributed by atoms with van der Waals surface area (Å²) in [6.07, 6.45) is 0. The summed E-state index contributed by atoms with van der Waals surface area (Å²) in [5.41, 5.74) is 1.14. The Morgan fingerprint density at radius 3 is 2.70 bits per heavy atom. The summed E-state index contributed by atoms with van der Waals surface area (Å²) < 4.78 is 0. The van der Waals surface area contributed by atoms with Gasteiger partial charge in [-0.3, -0.25) is 0 Å². The zero-order chi connectivity index (χ0) is 7.40. The number of hydrogen-bond acceptors (Lipinski definition) is 2. The van der Waals surface area contributed by atoms with Crippen molar-refractivity contribution in [3.05, 3.63) is 34.9 Å². The average Bonchev–Trinajstić information content (AvgIpc) is 1.94. The van der Waals surface area contributed by atoms with E-state index in [4.69, 9.17) is 11.6 Å². The van der Waals surface area contributed by atoms with Crippen LogP contribution in [0.15, 0.2) is 24.3 Å². The van der Waals surface area contributed by atoms with Gasteiger partial charge >= 0.3 is 0 Å². The minimum atomic E-state index is 0.823. The van der Waals surface area contributed by atoms with Crippen LogP contribution in [0.2, 0.25) is 5.02 Å². The second-order valence-corrected chi connectivity index (χ2v) is 3.59. The summed E-state index contributed by atoms with van der Waals surface area (Å²) in [7, 11) is 1.48. The third kappa shape index (κ3) is 2.11. The molecule has 0 aliphatic heterocycles. The highest BCUT2D eigenvalue weighted by Crippen LogP contribution is 2.21. The van der Waals surface area contributed by atoms with Gasteiger partial charge in [-0.05, 0) is 11.6 Å². The molecule has 0 amide bonds. The fourth-order valence-corrected chi connectivity index (χ4v) is 1.77. The Labute approximate surface area is 74.8 Å². The Morgan fingerprint density at radius 1 is 1.40 bits per heavy atom. The van der Waals surface area contributed by atoms with Gasteiger partial charge in [-0.25, -0.2) is 0 Å². The van der Waals surface area contributed by atoms with Crippen LogP contribution in [-0.4, -0.2) is 0 Å². The van der Waals surface area contributed by atoms with Gasteiger partial charge in [-0.1, -0.05) is 40.6 Å². The molecule has 0 aliphatic rings. The average molecular weight is 191 g/mol. The lowest BCUT2D eigenvalue weighted by atomic mass is 10.2. The molecule has 0 heterocycles. The van der Waals surface area contributed by atoms with E-state index in [2.05, 4.69) is 11.7 Å². The van der Waals surface area contributed by atoms with Gasteiger partial charge < -0.3 is 0 Å². The van der Waals surface area contributed by atoms with Crippen LogP contribution in [-0.2, 0) is 5.75 Å². The fourth-order valence-electron chi connectivity index (χ4n) is 0.685. The van der Waals surface area contributed by atoms with Crippen LogP contribution in [0.25, 0.3) is 0 Å². The first kappa shape index (κ1) is 8.31. The number of hydrogen-bond donors (Lipinski definition) is 1. The van der Waals surface area contributed by atoms with Crippen molar-refractivity contribution in [3.8, 4) is 0 Å². The van der Waals surface area contributed by atoms with Gasteiger partial charge in [0.25, 0.3) is 0 Å². The fraction of sp³-hybridized carbons (Fsp3) is 0.143. The van der Waals surface area contributed by atoms with Gasteiger partial charge in [0.15, 0.2) is 0 Å². The lowest BCUT2D eigenvalue weighted by Crippen LogP contribution is -1.77. The summed E-state index contributed by atoms with van der Waals surface area (Å²) in [5, 5.41) is 0.823. The second-order valence-electron chi connectivity index (χ2n) is 1.86. The molecule has 0 aliphatic carbocycles. The van der Waals surface area contributed by atoms with E-state index in [0.29, 0.717) is 0 Å². The van der Waals surface area contributed by atoms with Crippen LogP contribution in [0.3, 0.4) is 0 Å². The van der Waals surface area contributed by atoms with E-state index in [1.807, 2.05) is 24.3 Å². The molecule has 0 bridgehead atoms. The predicted molar refractivity (Wildman–Crippen MR) is 51.7 cm³/mol. The van der Waals surface area contributed by atoms with Crippen molar-refractivity contribution < 1.29 is 0 Å². The molecule has 1 rings (SSSR count). The number of benzene rings is 1. The molecule has 0 nitrogen and oxygen atoms in total. The zero-order valence-corrected chi connectivity index (χ0v) is 7.72. The Bertz CT molecular complexity index is 213. The minimum Gasteiger partial charge on any atom is -0.111 e. The summed E-state index contributed by atoms with van der Waals surface area (Å²) in [5.74, 6) is 0.864. The lowest BCUT2D eigenvalue weighted by molar-refractivity contribution is 1.43. The molecule has 1 aromatic carbocycles. The number of rotatable bonds is 2.